The highest BCUT2D eigenvalue weighted by Crippen LogP contribution is 2.22. The molecule has 0 aliphatic carbocycles. The Labute approximate surface area is 138 Å². The molecule has 0 fully saturated rings. The van der Waals surface area contributed by atoms with Crippen molar-refractivity contribution in [1.29, 1.82) is 0 Å². The number of thioether (sulfide) groups is 1. The van der Waals surface area contributed by atoms with E-state index < -0.39 is 11.9 Å². The molecule has 23 heavy (non-hydrogen) atoms. The molecule has 1 aromatic carbocycles. The summed E-state index contributed by atoms with van der Waals surface area (Å²) in [5, 5.41) is 12.9. The van der Waals surface area contributed by atoms with Gasteiger partial charge in [-0.05, 0) is 18.6 Å². The van der Waals surface area contributed by atoms with E-state index in [1.54, 1.807) is 0 Å². The Hall–Kier alpha value is -2.35. The zero-order valence-corrected chi connectivity index (χ0v) is 13.6. The third kappa shape index (κ3) is 5.74. The van der Waals surface area contributed by atoms with E-state index in [0.29, 0.717) is 12.4 Å². The number of unbranched alkanes of at least 4 members (excludes halogenated alkanes) is 1. The lowest BCUT2D eigenvalue weighted by molar-refractivity contribution is -0.117. The Morgan fingerprint density at radius 1 is 1.22 bits per heavy atom. The summed E-state index contributed by atoms with van der Waals surface area (Å²) in [6.07, 6.45) is 1.85. The first kappa shape index (κ1) is 17.0. The number of nitrogens with zero attached hydrogens (tertiary/aromatic N) is 2. The van der Waals surface area contributed by atoms with Crippen molar-refractivity contribution in [2.24, 2.45) is 0 Å². The summed E-state index contributed by atoms with van der Waals surface area (Å²) >= 11 is 1.08. The van der Waals surface area contributed by atoms with Gasteiger partial charge in [0, 0.05) is 12.1 Å². The number of aromatic nitrogens is 2. The van der Waals surface area contributed by atoms with Crippen LogP contribution in [0, 0.1) is 0 Å². The van der Waals surface area contributed by atoms with Gasteiger partial charge in [-0.2, -0.15) is 0 Å². The van der Waals surface area contributed by atoms with Gasteiger partial charge in [-0.1, -0.05) is 43.3 Å². The lowest BCUT2D eigenvalue weighted by Crippen LogP contribution is -2.40. The van der Waals surface area contributed by atoms with Crippen molar-refractivity contribution >= 4 is 23.7 Å². The zero-order chi connectivity index (χ0) is 16.5. The number of rotatable bonds is 7. The van der Waals surface area contributed by atoms with Crippen molar-refractivity contribution in [2.45, 2.75) is 25.0 Å². The van der Waals surface area contributed by atoms with Crippen LogP contribution in [0.1, 0.15) is 19.8 Å². The quantitative estimate of drug-likeness (QED) is 0.596. The van der Waals surface area contributed by atoms with Crippen molar-refractivity contribution in [3.05, 3.63) is 30.3 Å². The molecule has 8 heteroatoms. The molecular weight excluding hydrogens is 316 g/mol. The van der Waals surface area contributed by atoms with Gasteiger partial charge in [0.05, 0.1) is 5.75 Å². The lowest BCUT2D eigenvalue weighted by Gasteiger charge is -2.04. The van der Waals surface area contributed by atoms with Crippen LogP contribution in [0.2, 0.25) is 0 Å². The van der Waals surface area contributed by atoms with Crippen LogP contribution in [0.3, 0.4) is 0 Å². The molecule has 1 aromatic heterocycles. The fraction of sp³-hybridized carbons (Fsp3) is 0.333. The third-order valence-electron chi connectivity index (χ3n) is 2.82. The maximum Gasteiger partial charge on any atom is 0.321 e. The van der Waals surface area contributed by atoms with Gasteiger partial charge in [0.15, 0.2) is 0 Å². The minimum atomic E-state index is -0.487. The van der Waals surface area contributed by atoms with Gasteiger partial charge in [-0.15, -0.1) is 10.2 Å². The van der Waals surface area contributed by atoms with Gasteiger partial charge in [0.25, 0.3) is 5.22 Å². The molecule has 2 rings (SSSR count). The molecule has 0 radical (unpaired) electrons. The molecule has 7 nitrogen and oxygen atoms in total. The summed E-state index contributed by atoms with van der Waals surface area (Å²) in [4.78, 5) is 23.1. The van der Waals surface area contributed by atoms with E-state index in [1.165, 1.54) is 0 Å². The van der Waals surface area contributed by atoms with Crippen LogP contribution in [0.5, 0.6) is 0 Å². The van der Waals surface area contributed by atoms with E-state index >= 15 is 0 Å². The molecule has 0 aliphatic heterocycles. The highest BCUT2D eigenvalue weighted by molar-refractivity contribution is 7.99. The highest BCUT2D eigenvalue weighted by Gasteiger charge is 2.12. The molecular formula is C15H18N4O3S. The van der Waals surface area contributed by atoms with Gasteiger partial charge in [-0.3, -0.25) is 10.1 Å². The average molecular weight is 334 g/mol. The fourth-order valence-electron chi connectivity index (χ4n) is 1.68. The first-order valence-corrected chi connectivity index (χ1v) is 8.27. The zero-order valence-electron chi connectivity index (χ0n) is 12.7. The molecule has 3 amide bonds. The number of carbonyl (C=O) groups excluding carboxylic acids is 2. The lowest BCUT2D eigenvalue weighted by atomic mass is 10.2. The number of benzene rings is 1. The number of amides is 3. The van der Waals surface area contributed by atoms with Gasteiger partial charge >= 0.3 is 6.03 Å². The third-order valence-corrected chi connectivity index (χ3v) is 3.64. The second-order valence-corrected chi connectivity index (χ2v) is 5.61. The Morgan fingerprint density at radius 3 is 2.74 bits per heavy atom. The van der Waals surface area contributed by atoms with E-state index in [1.807, 2.05) is 37.3 Å². The molecule has 1 heterocycles. The molecule has 0 atom stereocenters. The summed E-state index contributed by atoms with van der Waals surface area (Å²) < 4.78 is 5.46. The van der Waals surface area contributed by atoms with E-state index in [9.17, 15) is 9.59 Å². The van der Waals surface area contributed by atoms with Gasteiger partial charge in [0.2, 0.25) is 11.8 Å². The predicted molar refractivity (Wildman–Crippen MR) is 86.9 cm³/mol. The minimum Gasteiger partial charge on any atom is -0.411 e. The van der Waals surface area contributed by atoms with E-state index in [2.05, 4.69) is 20.8 Å². The first-order valence-electron chi connectivity index (χ1n) is 7.28. The first-order chi connectivity index (χ1) is 11.2. The molecule has 0 aliphatic rings. The molecule has 0 bridgehead atoms. The molecule has 0 unspecified atom stereocenters. The van der Waals surface area contributed by atoms with Crippen LogP contribution in [0.15, 0.2) is 40.0 Å². The SMILES string of the molecule is CCCCNC(=O)NC(=O)CSc1nnc(-c2ccccc2)o1. The van der Waals surface area contributed by atoms with Crippen LogP contribution in [-0.4, -0.2) is 34.4 Å². The summed E-state index contributed by atoms with van der Waals surface area (Å²) in [5.74, 6) is 0.00623. The van der Waals surface area contributed by atoms with E-state index in [-0.39, 0.29) is 11.0 Å². The predicted octanol–water partition coefficient (Wildman–Crippen LogP) is 2.45. The smallest absolute Gasteiger partial charge is 0.321 e. The maximum absolute atomic E-state index is 11.7. The monoisotopic (exact) mass is 334 g/mol. The van der Waals surface area contributed by atoms with Gasteiger partial charge in [-0.25, -0.2) is 4.79 Å². The van der Waals surface area contributed by atoms with Crippen molar-refractivity contribution in [2.75, 3.05) is 12.3 Å². The Balaban J connectivity index is 1.77. The molecule has 0 saturated carbocycles. The van der Waals surface area contributed by atoms with Crippen LogP contribution >= 0.6 is 11.8 Å². The van der Waals surface area contributed by atoms with E-state index in [0.717, 1.165) is 30.2 Å². The van der Waals surface area contributed by atoms with Crippen molar-refractivity contribution in [3.63, 3.8) is 0 Å². The molecule has 0 spiro atoms. The van der Waals surface area contributed by atoms with Gasteiger partial charge in [0.1, 0.15) is 0 Å². The topological polar surface area (TPSA) is 97.1 Å². The normalized spacial score (nSPS) is 10.3. The standard InChI is InChI=1S/C15H18N4O3S/c1-2-3-9-16-14(21)17-12(20)10-23-15-19-18-13(22-15)11-7-5-4-6-8-11/h4-8H,2-3,9-10H2,1H3,(H2,16,17,20,21). The Kier molecular flexibility index (Phi) is 6.61. The van der Waals surface area contributed by atoms with Crippen LogP contribution in [-0.2, 0) is 4.79 Å². The second-order valence-electron chi connectivity index (χ2n) is 4.69. The fourth-order valence-corrected chi connectivity index (χ4v) is 2.24. The molecule has 2 N–H and O–H groups in total. The summed E-state index contributed by atoms with van der Waals surface area (Å²) in [5.41, 5.74) is 0.812. The maximum atomic E-state index is 11.7. The number of nitrogens with one attached hydrogen (secondary N) is 2. The Bertz CT molecular complexity index is 645. The van der Waals surface area contributed by atoms with E-state index in [4.69, 9.17) is 4.42 Å². The van der Waals surface area contributed by atoms with Crippen molar-refractivity contribution in [3.8, 4) is 11.5 Å². The molecule has 122 valence electrons. The van der Waals surface area contributed by atoms with Crippen LogP contribution in [0.4, 0.5) is 4.79 Å². The second kappa shape index (κ2) is 8.94. The number of hydrogen-bond donors (Lipinski definition) is 2. The van der Waals surface area contributed by atoms with Crippen molar-refractivity contribution < 1.29 is 14.0 Å². The van der Waals surface area contributed by atoms with Gasteiger partial charge < -0.3 is 9.73 Å². The minimum absolute atomic E-state index is 0.0254. The Morgan fingerprint density at radius 2 is 2.00 bits per heavy atom. The summed E-state index contributed by atoms with van der Waals surface area (Å²) in [6.45, 7) is 2.57. The number of carbonyl (C=O) groups is 2. The number of hydrogen-bond acceptors (Lipinski definition) is 6. The molecule has 0 saturated heterocycles. The number of imide groups is 1. The molecule has 2 aromatic rings. The van der Waals surface area contributed by atoms with Crippen LogP contribution in [0.25, 0.3) is 11.5 Å². The average Bonchev–Trinajstić information content (AvgIpc) is 3.03. The highest BCUT2D eigenvalue weighted by atomic mass is 32.2. The van der Waals surface area contributed by atoms with Crippen molar-refractivity contribution in [1.82, 2.24) is 20.8 Å². The number of urea groups is 1. The largest absolute Gasteiger partial charge is 0.411 e. The summed E-state index contributed by atoms with van der Waals surface area (Å²) in [7, 11) is 0. The summed E-state index contributed by atoms with van der Waals surface area (Å²) in [6, 6.07) is 8.86. The van der Waals surface area contributed by atoms with Crippen LogP contribution < -0.4 is 10.6 Å².